The summed E-state index contributed by atoms with van der Waals surface area (Å²) >= 11 is 0. The van der Waals surface area contributed by atoms with Crippen LogP contribution in [0.1, 0.15) is 27.2 Å². The normalized spacial score (nSPS) is 12.1. The Hall–Kier alpha value is -1.05. The highest BCUT2D eigenvalue weighted by Crippen LogP contribution is 1.96. The van der Waals surface area contributed by atoms with Gasteiger partial charge in [-0.05, 0) is 26.3 Å². The fraction of sp³-hybridized carbons (Fsp3) is 0.444. The van der Waals surface area contributed by atoms with Crippen LogP contribution in [0.3, 0.4) is 0 Å². The summed E-state index contributed by atoms with van der Waals surface area (Å²) in [6.45, 7) is 5.51. The van der Waals surface area contributed by atoms with Gasteiger partial charge >= 0.3 is 5.97 Å². The van der Waals surface area contributed by atoms with Crippen molar-refractivity contribution < 1.29 is 9.53 Å². The topological polar surface area (TPSA) is 26.3 Å². The third kappa shape index (κ3) is 4.37. The number of carbonyl (C=O) groups is 1. The molecule has 2 heteroatoms. The van der Waals surface area contributed by atoms with Crippen LogP contribution in [0, 0.1) is 0 Å². The SMILES string of the molecule is C/C=C(\C)C(=O)OC=CCC. The summed E-state index contributed by atoms with van der Waals surface area (Å²) < 4.78 is 4.75. The Labute approximate surface area is 67.6 Å². The van der Waals surface area contributed by atoms with Gasteiger partial charge in [0.05, 0.1) is 6.26 Å². The van der Waals surface area contributed by atoms with E-state index in [0.29, 0.717) is 5.57 Å². The Morgan fingerprint density at radius 3 is 2.64 bits per heavy atom. The fourth-order valence-corrected chi connectivity index (χ4v) is 0.417. The average molecular weight is 154 g/mol. The number of hydrogen-bond donors (Lipinski definition) is 0. The van der Waals surface area contributed by atoms with Crippen LogP contribution in [0.2, 0.25) is 0 Å². The van der Waals surface area contributed by atoms with Crippen LogP contribution >= 0.6 is 0 Å². The summed E-state index contributed by atoms with van der Waals surface area (Å²) in [5.41, 5.74) is 0.630. The fourth-order valence-electron chi connectivity index (χ4n) is 0.417. The molecule has 62 valence electrons. The van der Waals surface area contributed by atoms with Gasteiger partial charge in [0.1, 0.15) is 0 Å². The van der Waals surface area contributed by atoms with Crippen LogP contribution in [-0.4, -0.2) is 5.97 Å². The zero-order valence-electron chi connectivity index (χ0n) is 7.26. The molecule has 0 aromatic heterocycles. The molecule has 0 aliphatic rings. The van der Waals surface area contributed by atoms with Crippen LogP contribution < -0.4 is 0 Å². The highest BCUT2D eigenvalue weighted by atomic mass is 16.5. The number of allylic oxidation sites excluding steroid dienone is 2. The van der Waals surface area contributed by atoms with Gasteiger partial charge in [0.2, 0.25) is 0 Å². The molecule has 0 N–H and O–H groups in total. The number of esters is 1. The van der Waals surface area contributed by atoms with Crippen molar-refractivity contribution in [3.63, 3.8) is 0 Å². The second kappa shape index (κ2) is 5.71. The predicted molar refractivity (Wildman–Crippen MR) is 45.0 cm³/mol. The van der Waals surface area contributed by atoms with Gasteiger partial charge in [-0.3, -0.25) is 0 Å². The molecule has 2 nitrogen and oxygen atoms in total. The van der Waals surface area contributed by atoms with E-state index in [0.717, 1.165) is 6.42 Å². The first-order chi connectivity index (χ1) is 5.22. The van der Waals surface area contributed by atoms with Gasteiger partial charge in [-0.15, -0.1) is 0 Å². The van der Waals surface area contributed by atoms with Crippen molar-refractivity contribution in [2.24, 2.45) is 0 Å². The van der Waals surface area contributed by atoms with Gasteiger partial charge in [0.25, 0.3) is 0 Å². The molecule has 0 heterocycles. The highest BCUT2D eigenvalue weighted by Gasteiger charge is 2.00. The molecule has 0 saturated heterocycles. The quantitative estimate of drug-likeness (QED) is 0.354. The second-order valence-electron chi connectivity index (χ2n) is 2.16. The van der Waals surface area contributed by atoms with Gasteiger partial charge in [-0.1, -0.05) is 13.0 Å². The van der Waals surface area contributed by atoms with E-state index in [-0.39, 0.29) is 5.97 Å². The van der Waals surface area contributed by atoms with Gasteiger partial charge in [0, 0.05) is 5.57 Å². The van der Waals surface area contributed by atoms with Gasteiger partial charge < -0.3 is 4.74 Å². The lowest BCUT2D eigenvalue weighted by molar-refractivity contribution is -0.133. The van der Waals surface area contributed by atoms with E-state index < -0.39 is 0 Å². The van der Waals surface area contributed by atoms with Crippen LogP contribution in [-0.2, 0) is 9.53 Å². The second-order valence-corrected chi connectivity index (χ2v) is 2.16. The monoisotopic (exact) mass is 154 g/mol. The lowest BCUT2D eigenvalue weighted by atomic mass is 10.3. The largest absolute Gasteiger partial charge is 0.431 e. The van der Waals surface area contributed by atoms with E-state index in [1.165, 1.54) is 6.26 Å². The summed E-state index contributed by atoms with van der Waals surface area (Å²) in [7, 11) is 0. The van der Waals surface area contributed by atoms with Gasteiger partial charge in [-0.25, -0.2) is 4.79 Å². The van der Waals surface area contributed by atoms with E-state index in [4.69, 9.17) is 4.74 Å². The van der Waals surface area contributed by atoms with Crippen LogP contribution in [0.15, 0.2) is 24.0 Å². The summed E-state index contributed by atoms with van der Waals surface area (Å²) in [6, 6.07) is 0. The molecule has 0 aliphatic carbocycles. The first kappa shape index (κ1) is 9.95. The van der Waals surface area contributed by atoms with E-state index in [2.05, 4.69) is 0 Å². The molecule has 0 amide bonds. The Balaban J connectivity index is 3.79. The summed E-state index contributed by atoms with van der Waals surface area (Å²) in [5.74, 6) is -0.280. The van der Waals surface area contributed by atoms with Crippen LogP contribution in [0.25, 0.3) is 0 Å². The Bertz CT molecular complexity index is 178. The minimum atomic E-state index is -0.280. The van der Waals surface area contributed by atoms with Gasteiger partial charge in [-0.2, -0.15) is 0 Å². The minimum absolute atomic E-state index is 0.280. The van der Waals surface area contributed by atoms with Crippen molar-refractivity contribution in [2.75, 3.05) is 0 Å². The van der Waals surface area contributed by atoms with E-state index >= 15 is 0 Å². The summed E-state index contributed by atoms with van der Waals surface area (Å²) in [4.78, 5) is 10.9. The number of rotatable bonds is 3. The first-order valence-electron chi connectivity index (χ1n) is 3.71. The molecule has 0 rings (SSSR count). The third-order valence-electron chi connectivity index (χ3n) is 1.26. The molecule has 0 unspecified atom stereocenters. The van der Waals surface area contributed by atoms with Gasteiger partial charge in [0.15, 0.2) is 0 Å². The molecule has 0 aromatic carbocycles. The molecule has 0 radical (unpaired) electrons. The highest BCUT2D eigenvalue weighted by molar-refractivity contribution is 5.87. The van der Waals surface area contributed by atoms with Crippen molar-refractivity contribution in [3.05, 3.63) is 24.0 Å². The summed E-state index contributed by atoms with van der Waals surface area (Å²) in [6.07, 6.45) is 5.82. The Kier molecular flexibility index (Phi) is 5.17. The van der Waals surface area contributed by atoms with E-state index in [1.54, 1.807) is 26.0 Å². The van der Waals surface area contributed by atoms with Crippen molar-refractivity contribution in [1.82, 2.24) is 0 Å². The van der Waals surface area contributed by atoms with Crippen molar-refractivity contribution in [2.45, 2.75) is 27.2 Å². The molecular formula is C9H14O2. The number of ether oxygens (including phenoxy) is 1. The molecule has 0 fully saturated rings. The van der Waals surface area contributed by atoms with Crippen LogP contribution in [0.5, 0.6) is 0 Å². The third-order valence-corrected chi connectivity index (χ3v) is 1.26. The summed E-state index contributed by atoms with van der Waals surface area (Å²) in [5, 5.41) is 0. The Morgan fingerprint density at radius 2 is 2.18 bits per heavy atom. The Morgan fingerprint density at radius 1 is 1.55 bits per heavy atom. The maximum absolute atomic E-state index is 10.9. The lowest BCUT2D eigenvalue weighted by Crippen LogP contribution is -1.99. The molecule has 0 spiro atoms. The van der Waals surface area contributed by atoms with Crippen LogP contribution in [0.4, 0.5) is 0 Å². The molecule has 0 aromatic rings. The van der Waals surface area contributed by atoms with E-state index in [9.17, 15) is 4.79 Å². The van der Waals surface area contributed by atoms with Crippen molar-refractivity contribution in [1.29, 1.82) is 0 Å². The predicted octanol–water partition coefficient (Wildman–Crippen LogP) is 2.42. The smallest absolute Gasteiger partial charge is 0.338 e. The first-order valence-corrected chi connectivity index (χ1v) is 3.71. The molecule has 0 atom stereocenters. The maximum Gasteiger partial charge on any atom is 0.338 e. The zero-order valence-corrected chi connectivity index (χ0v) is 7.26. The average Bonchev–Trinajstić information content (AvgIpc) is 2.03. The van der Waals surface area contributed by atoms with Crippen molar-refractivity contribution in [3.8, 4) is 0 Å². The van der Waals surface area contributed by atoms with Crippen molar-refractivity contribution >= 4 is 5.97 Å². The minimum Gasteiger partial charge on any atom is -0.431 e. The molecule has 11 heavy (non-hydrogen) atoms. The molecule has 0 bridgehead atoms. The van der Waals surface area contributed by atoms with E-state index in [1.807, 2.05) is 6.92 Å². The number of carbonyl (C=O) groups excluding carboxylic acids is 1. The number of hydrogen-bond acceptors (Lipinski definition) is 2. The lowest BCUT2D eigenvalue weighted by Gasteiger charge is -1.96. The zero-order chi connectivity index (χ0) is 8.69. The maximum atomic E-state index is 10.9. The molecular weight excluding hydrogens is 140 g/mol. The molecule has 0 aliphatic heterocycles. The standard InChI is InChI=1S/C9H14O2/c1-4-6-7-11-9(10)8(3)5-2/h5-7H,4H2,1-3H3/b7-6?,8-5+. The molecule has 0 saturated carbocycles.